The van der Waals surface area contributed by atoms with Crippen LogP contribution in [0.3, 0.4) is 0 Å². The summed E-state index contributed by atoms with van der Waals surface area (Å²) < 4.78 is 5.31. The lowest BCUT2D eigenvalue weighted by atomic mass is 10.2. The van der Waals surface area contributed by atoms with Gasteiger partial charge in [-0.15, -0.1) is 0 Å². The first-order chi connectivity index (χ1) is 17.7. The van der Waals surface area contributed by atoms with Gasteiger partial charge in [-0.05, 0) is 25.5 Å². The molecule has 3 aromatic rings. The highest BCUT2D eigenvalue weighted by Gasteiger charge is 2.16. The van der Waals surface area contributed by atoms with E-state index in [1.54, 1.807) is 0 Å². The van der Waals surface area contributed by atoms with Crippen LogP contribution in [0.1, 0.15) is 35.8 Å². The lowest BCUT2D eigenvalue weighted by Gasteiger charge is -2.07. The summed E-state index contributed by atoms with van der Waals surface area (Å²) in [5, 5.41) is 4.75. The number of ether oxygens (including phenoxy) is 1. The predicted molar refractivity (Wildman–Crippen MR) is 140 cm³/mol. The van der Waals surface area contributed by atoms with E-state index in [0.29, 0.717) is 12.3 Å². The van der Waals surface area contributed by atoms with E-state index in [4.69, 9.17) is 33.5 Å². The Morgan fingerprint density at radius 3 is 2.41 bits per heavy atom. The summed E-state index contributed by atoms with van der Waals surface area (Å²) in [6.07, 6.45) is 4.48. The Morgan fingerprint density at radius 1 is 1.08 bits per heavy atom. The molecule has 0 fully saturated rings. The van der Waals surface area contributed by atoms with Crippen molar-refractivity contribution < 1.29 is 14.3 Å². The zero-order valence-electron chi connectivity index (χ0n) is 20.3. The molecule has 3 rings (SSSR count). The third-order valence-corrected chi connectivity index (χ3v) is 4.57. The van der Waals surface area contributed by atoms with E-state index in [9.17, 15) is 9.59 Å². The molecule has 0 saturated heterocycles. The molecule has 2 amide bonds. The molecule has 1 aromatic carbocycles. The summed E-state index contributed by atoms with van der Waals surface area (Å²) in [5.41, 5.74) is 17.5. The predicted octanol–water partition coefficient (Wildman–Crippen LogP) is 1.34. The Morgan fingerprint density at radius 2 is 1.76 bits per heavy atom. The van der Waals surface area contributed by atoms with Gasteiger partial charge in [0.05, 0.1) is 0 Å². The standard InChI is InChI=1S/C12H12N4O2.C10H16ClN7O/c1-9-2-4-10(5-3-9)18-6-11(17)16-12-14-7-13-8-15-12;1-2-3-4-15-10(14)18-9(19)5-7(12)17-8(13)6(11)16-5/h2-5,7-8H,6H2,1H3,(H,13,14,15,16,17);2-4H2,1H3,(H4,12,13,17)(H3,14,15,18,19). The fraction of sp³-hybridized carbons (Fsp3) is 0.273. The number of aliphatic imine (C=N–C) groups is 1. The number of hydrogen-bond donors (Lipinski definition) is 5. The maximum Gasteiger partial charge on any atom is 0.280 e. The molecule has 0 radical (unpaired) electrons. The molecule has 0 spiro atoms. The average molecular weight is 530 g/mol. The number of aromatic nitrogens is 5. The van der Waals surface area contributed by atoms with Crippen LogP contribution in [0.15, 0.2) is 41.9 Å². The van der Waals surface area contributed by atoms with Crippen LogP contribution in [-0.2, 0) is 4.79 Å². The molecule has 14 nitrogen and oxygen atoms in total. The van der Waals surface area contributed by atoms with E-state index in [1.807, 2.05) is 38.1 Å². The Kier molecular flexibility index (Phi) is 11.4. The molecule has 2 aromatic heterocycles. The maximum atomic E-state index is 11.8. The largest absolute Gasteiger partial charge is 0.484 e. The average Bonchev–Trinajstić information content (AvgIpc) is 2.87. The number of anilines is 3. The van der Waals surface area contributed by atoms with Gasteiger partial charge in [-0.25, -0.2) is 24.9 Å². The fourth-order valence-electron chi connectivity index (χ4n) is 2.43. The van der Waals surface area contributed by atoms with Crippen LogP contribution in [0.25, 0.3) is 0 Å². The number of nitrogen functional groups attached to an aromatic ring is 2. The van der Waals surface area contributed by atoms with Crippen LogP contribution in [0, 0.1) is 6.92 Å². The van der Waals surface area contributed by atoms with Crippen LogP contribution in [0.2, 0.25) is 5.15 Å². The fourth-order valence-corrected chi connectivity index (χ4v) is 2.56. The van der Waals surface area contributed by atoms with Gasteiger partial charge in [0.1, 0.15) is 18.4 Å². The highest BCUT2D eigenvalue weighted by molar-refractivity contribution is 6.31. The number of rotatable bonds is 8. The van der Waals surface area contributed by atoms with Crippen molar-refractivity contribution in [1.29, 1.82) is 0 Å². The minimum Gasteiger partial charge on any atom is -0.484 e. The van der Waals surface area contributed by atoms with Crippen molar-refractivity contribution in [3.05, 3.63) is 53.3 Å². The highest BCUT2D eigenvalue weighted by atomic mass is 35.5. The van der Waals surface area contributed by atoms with Crippen LogP contribution < -0.4 is 32.6 Å². The summed E-state index contributed by atoms with van der Waals surface area (Å²) in [7, 11) is 0. The van der Waals surface area contributed by atoms with Crippen molar-refractivity contribution in [1.82, 2.24) is 30.2 Å². The zero-order chi connectivity index (χ0) is 27.2. The molecule has 0 atom stereocenters. The van der Waals surface area contributed by atoms with Gasteiger partial charge in [-0.3, -0.25) is 25.2 Å². The summed E-state index contributed by atoms with van der Waals surface area (Å²) in [6.45, 7) is 4.45. The first-order valence-corrected chi connectivity index (χ1v) is 11.4. The minimum absolute atomic E-state index is 0.00685. The molecule has 0 unspecified atom stereocenters. The first kappa shape index (κ1) is 28.6. The van der Waals surface area contributed by atoms with E-state index < -0.39 is 5.91 Å². The molecule has 37 heavy (non-hydrogen) atoms. The van der Waals surface area contributed by atoms with Gasteiger partial charge in [0.2, 0.25) is 5.95 Å². The van der Waals surface area contributed by atoms with Crippen LogP contribution in [0.5, 0.6) is 5.75 Å². The molecule has 0 bridgehead atoms. The zero-order valence-corrected chi connectivity index (χ0v) is 21.1. The molecule has 8 N–H and O–H groups in total. The van der Waals surface area contributed by atoms with E-state index in [0.717, 1.165) is 18.4 Å². The lowest BCUT2D eigenvalue weighted by Crippen LogP contribution is -2.38. The number of amides is 2. The van der Waals surface area contributed by atoms with Gasteiger partial charge in [0.15, 0.2) is 35.0 Å². The number of guanidine groups is 1. The van der Waals surface area contributed by atoms with Crippen LogP contribution >= 0.6 is 11.6 Å². The number of hydrogen-bond acceptors (Lipinski definition) is 11. The van der Waals surface area contributed by atoms with Gasteiger partial charge in [0.25, 0.3) is 11.8 Å². The molecule has 0 aliphatic heterocycles. The van der Waals surface area contributed by atoms with Crippen molar-refractivity contribution in [3.63, 3.8) is 0 Å². The monoisotopic (exact) mass is 529 g/mol. The molecule has 0 aliphatic rings. The number of nitrogens with two attached hydrogens (primary N) is 3. The number of benzene rings is 1. The molecular weight excluding hydrogens is 502 g/mol. The number of nitrogens with one attached hydrogen (secondary N) is 2. The normalized spacial score (nSPS) is 10.6. The molecule has 0 aliphatic carbocycles. The van der Waals surface area contributed by atoms with Crippen molar-refractivity contribution in [2.24, 2.45) is 10.7 Å². The number of carbonyl (C=O) groups excluding carboxylic acids is 2. The maximum absolute atomic E-state index is 11.8. The minimum atomic E-state index is -0.635. The van der Waals surface area contributed by atoms with Crippen molar-refractivity contribution in [2.45, 2.75) is 26.7 Å². The quantitative estimate of drug-likeness (QED) is 0.159. The molecular formula is C22H28ClN11O3. The van der Waals surface area contributed by atoms with E-state index in [2.05, 4.69) is 40.5 Å². The summed E-state index contributed by atoms with van der Waals surface area (Å²) in [5.74, 6) is -0.269. The van der Waals surface area contributed by atoms with Crippen molar-refractivity contribution in [2.75, 3.05) is 29.9 Å². The van der Waals surface area contributed by atoms with E-state index in [1.165, 1.54) is 12.7 Å². The number of halogens is 1. The summed E-state index contributed by atoms with van der Waals surface area (Å²) >= 11 is 5.67. The third kappa shape index (κ3) is 10.3. The number of nitrogens with zero attached hydrogens (tertiary/aromatic N) is 6. The summed E-state index contributed by atoms with van der Waals surface area (Å²) in [6, 6.07) is 7.45. The van der Waals surface area contributed by atoms with Gasteiger partial charge in [-0.2, -0.15) is 0 Å². The highest BCUT2D eigenvalue weighted by Crippen LogP contribution is 2.17. The molecule has 15 heteroatoms. The van der Waals surface area contributed by atoms with E-state index in [-0.39, 0.29) is 46.9 Å². The first-order valence-electron chi connectivity index (χ1n) is 11.0. The second kappa shape index (κ2) is 14.7. The number of aryl methyl sites for hydroxylation is 1. The number of unbranched alkanes of at least 4 members (excludes halogenated alkanes) is 1. The Balaban J connectivity index is 0.000000260. The SMILES string of the molecule is CCCCN=C(N)NC(=O)c1nc(Cl)c(N)nc1N.Cc1ccc(OCC(=O)Nc2ncncn2)cc1. The van der Waals surface area contributed by atoms with Gasteiger partial charge >= 0.3 is 0 Å². The second-order valence-electron chi connectivity index (χ2n) is 7.32. The van der Waals surface area contributed by atoms with Crippen molar-refractivity contribution >= 4 is 47.0 Å². The third-order valence-electron chi connectivity index (χ3n) is 4.29. The second-order valence-corrected chi connectivity index (χ2v) is 7.68. The van der Waals surface area contributed by atoms with Crippen LogP contribution in [-0.4, -0.2) is 55.8 Å². The van der Waals surface area contributed by atoms with Crippen molar-refractivity contribution in [3.8, 4) is 5.75 Å². The van der Waals surface area contributed by atoms with E-state index >= 15 is 0 Å². The molecule has 196 valence electrons. The van der Waals surface area contributed by atoms with Gasteiger partial charge < -0.3 is 21.9 Å². The molecule has 2 heterocycles. The van der Waals surface area contributed by atoms with Gasteiger partial charge in [0, 0.05) is 6.54 Å². The van der Waals surface area contributed by atoms with Gasteiger partial charge in [-0.1, -0.05) is 42.6 Å². The Labute approximate surface area is 218 Å². The Hall–Kier alpha value is -4.59. The number of carbonyl (C=O) groups is 2. The van der Waals surface area contributed by atoms with Crippen LogP contribution in [0.4, 0.5) is 17.6 Å². The smallest absolute Gasteiger partial charge is 0.280 e. The Bertz CT molecular complexity index is 1210. The summed E-state index contributed by atoms with van der Waals surface area (Å²) in [4.78, 5) is 45.9. The molecule has 0 saturated carbocycles. The lowest BCUT2D eigenvalue weighted by molar-refractivity contribution is -0.118. The topological polar surface area (TPSA) is 222 Å².